The number of aliphatic hydroxyl groups is 1. The van der Waals surface area contributed by atoms with Crippen LogP contribution in [0.2, 0.25) is 0 Å². The zero-order valence-electron chi connectivity index (χ0n) is 15.0. The molecule has 1 aromatic rings. The fourth-order valence-electron chi connectivity index (χ4n) is 2.98. The van der Waals surface area contributed by atoms with Gasteiger partial charge in [-0.2, -0.15) is 0 Å². The van der Waals surface area contributed by atoms with Crippen molar-refractivity contribution in [2.24, 2.45) is 4.99 Å². The summed E-state index contributed by atoms with van der Waals surface area (Å²) in [5, 5.41) is 17.9. The molecular formula is C19H28N4O3. The largest absolute Gasteiger partial charge is 0.395 e. The molecule has 3 N–H and O–H groups in total. The Morgan fingerprint density at radius 1 is 1.19 bits per heavy atom. The van der Waals surface area contributed by atoms with Crippen LogP contribution in [0.4, 0.5) is 5.69 Å². The number of aliphatic hydroxyl groups excluding tert-OH is 1. The van der Waals surface area contributed by atoms with Crippen LogP contribution >= 0.6 is 0 Å². The van der Waals surface area contributed by atoms with E-state index in [1.54, 1.807) is 11.7 Å². The number of carbonyl (C=O) groups is 1. The summed E-state index contributed by atoms with van der Waals surface area (Å²) in [6.45, 7) is 1.41. The second-order valence-corrected chi connectivity index (χ2v) is 6.18. The summed E-state index contributed by atoms with van der Waals surface area (Å²) in [6.07, 6.45) is 9.63. The first-order valence-electron chi connectivity index (χ1n) is 9.07. The van der Waals surface area contributed by atoms with Crippen LogP contribution in [0.1, 0.15) is 32.1 Å². The van der Waals surface area contributed by atoms with Crippen molar-refractivity contribution in [3.8, 4) is 0 Å². The Labute approximate surface area is 154 Å². The van der Waals surface area contributed by atoms with Crippen molar-refractivity contribution in [1.29, 1.82) is 0 Å². The van der Waals surface area contributed by atoms with Crippen LogP contribution in [-0.4, -0.2) is 53.3 Å². The quantitative estimate of drug-likeness (QED) is 0.320. The number of nitrogens with zero attached hydrogens (tertiary/aromatic N) is 3. The van der Waals surface area contributed by atoms with E-state index in [1.165, 1.54) is 0 Å². The Kier molecular flexibility index (Phi) is 8.65. The molecule has 0 radical (unpaired) electrons. The van der Waals surface area contributed by atoms with Crippen molar-refractivity contribution in [2.75, 3.05) is 24.6 Å². The van der Waals surface area contributed by atoms with E-state index in [1.807, 2.05) is 42.6 Å². The van der Waals surface area contributed by atoms with Gasteiger partial charge in [-0.1, -0.05) is 31.0 Å². The van der Waals surface area contributed by atoms with Gasteiger partial charge in [0.05, 0.1) is 6.61 Å². The molecule has 0 fully saturated rings. The van der Waals surface area contributed by atoms with Crippen LogP contribution in [0, 0.1) is 0 Å². The average Bonchev–Trinajstić information content (AvgIpc) is 2.69. The molecule has 1 aliphatic heterocycles. The molecule has 142 valence electrons. The number of amides is 1. The monoisotopic (exact) mass is 360 g/mol. The second-order valence-electron chi connectivity index (χ2n) is 6.18. The number of hydrogen-bond donors (Lipinski definition) is 3. The number of carbonyl (C=O) groups excluding carboxylic acids is 1. The lowest BCUT2D eigenvalue weighted by atomic mass is 10.1. The Balaban J connectivity index is 1.87. The number of benzene rings is 1. The number of para-hydroxylation sites is 1. The van der Waals surface area contributed by atoms with Crippen molar-refractivity contribution in [1.82, 2.24) is 10.4 Å². The molecule has 1 unspecified atom stereocenters. The van der Waals surface area contributed by atoms with Crippen molar-refractivity contribution in [3.63, 3.8) is 0 Å². The molecule has 7 heteroatoms. The van der Waals surface area contributed by atoms with Gasteiger partial charge in [0.15, 0.2) is 6.29 Å². The van der Waals surface area contributed by atoms with Gasteiger partial charge in [-0.25, -0.2) is 10.5 Å². The number of nitrogens with one attached hydrogen (secondary N) is 1. The molecule has 1 amide bonds. The third-order valence-electron chi connectivity index (χ3n) is 4.28. The molecule has 1 atom stereocenters. The van der Waals surface area contributed by atoms with Gasteiger partial charge >= 0.3 is 0 Å². The lowest BCUT2D eigenvalue weighted by molar-refractivity contribution is -0.129. The first kappa shape index (κ1) is 19.9. The lowest BCUT2D eigenvalue weighted by Gasteiger charge is -2.39. The Hall–Kier alpha value is -2.38. The van der Waals surface area contributed by atoms with Gasteiger partial charge in [-0.15, -0.1) is 0 Å². The van der Waals surface area contributed by atoms with E-state index in [9.17, 15) is 9.90 Å². The highest BCUT2D eigenvalue weighted by molar-refractivity contribution is 5.74. The van der Waals surface area contributed by atoms with Gasteiger partial charge < -0.3 is 14.9 Å². The van der Waals surface area contributed by atoms with E-state index >= 15 is 0 Å². The summed E-state index contributed by atoms with van der Waals surface area (Å²) in [7, 11) is 0. The maximum atomic E-state index is 11.0. The minimum Gasteiger partial charge on any atom is -0.395 e. The van der Waals surface area contributed by atoms with Crippen molar-refractivity contribution >= 4 is 17.8 Å². The van der Waals surface area contributed by atoms with Crippen LogP contribution in [0.15, 0.2) is 47.6 Å². The highest BCUT2D eigenvalue weighted by Gasteiger charge is 2.23. The van der Waals surface area contributed by atoms with Crippen LogP contribution in [0.25, 0.3) is 0 Å². The molecule has 26 heavy (non-hydrogen) atoms. The van der Waals surface area contributed by atoms with Gasteiger partial charge in [0.2, 0.25) is 5.91 Å². The fourth-order valence-corrected chi connectivity index (χ4v) is 2.98. The van der Waals surface area contributed by atoms with Crippen molar-refractivity contribution in [2.45, 2.75) is 38.4 Å². The summed E-state index contributed by atoms with van der Waals surface area (Å²) in [5.41, 5.74) is 2.68. The standard InChI is InChI=1S/C19H28N4O3/c24-16-15-23(17-9-4-3-5-10-17)19-20-12-8-14-22(19)13-7-2-1-6-11-18(25)21-26/h3-5,8-10,12,14,19,24,26H,1-2,6-7,11,13,15-16H2,(H,21,25). The molecule has 0 aliphatic carbocycles. The van der Waals surface area contributed by atoms with Crippen LogP contribution in [0.3, 0.4) is 0 Å². The number of hydrogen-bond acceptors (Lipinski definition) is 6. The van der Waals surface area contributed by atoms with E-state index in [0.717, 1.165) is 37.9 Å². The molecular weight excluding hydrogens is 332 g/mol. The third kappa shape index (κ3) is 6.16. The van der Waals surface area contributed by atoms with Crippen molar-refractivity contribution in [3.05, 3.63) is 42.6 Å². The third-order valence-corrected chi connectivity index (χ3v) is 4.28. The van der Waals surface area contributed by atoms with Crippen LogP contribution < -0.4 is 10.4 Å². The molecule has 0 saturated heterocycles. The van der Waals surface area contributed by atoms with Gasteiger partial charge in [-0.05, 0) is 31.1 Å². The molecule has 7 nitrogen and oxygen atoms in total. The van der Waals surface area contributed by atoms with Gasteiger partial charge in [0.1, 0.15) is 0 Å². The molecule has 1 aliphatic rings. The minimum atomic E-state index is -0.333. The fraction of sp³-hybridized carbons (Fsp3) is 0.474. The number of hydroxylamine groups is 1. The summed E-state index contributed by atoms with van der Waals surface area (Å²) in [4.78, 5) is 19.8. The molecule has 0 bridgehead atoms. The first-order valence-corrected chi connectivity index (χ1v) is 9.07. The zero-order chi connectivity index (χ0) is 18.6. The second kappa shape index (κ2) is 11.3. The minimum absolute atomic E-state index is 0.0609. The smallest absolute Gasteiger partial charge is 0.243 e. The number of rotatable bonds is 11. The SMILES string of the molecule is O=C(CCCCCCN1C=CC=NC1N(CCO)c1ccccc1)NO. The maximum Gasteiger partial charge on any atom is 0.243 e. The number of allylic oxidation sites excluding steroid dienone is 1. The summed E-state index contributed by atoms with van der Waals surface area (Å²) >= 11 is 0. The summed E-state index contributed by atoms with van der Waals surface area (Å²) in [6, 6.07) is 9.98. The first-order chi connectivity index (χ1) is 12.8. The molecule has 0 saturated carbocycles. The van der Waals surface area contributed by atoms with E-state index in [-0.39, 0.29) is 18.8 Å². The topological polar surface area (TPSA) is 88.4 Å². The van der Waals surface area contributed by atoms with Crippen LogP contribution in [-0.2, 0) is 4.79 Å². The van der Waals surface area contributed by atoms with Gasteiger partial charge in [0, 0.05) is 37.6 Å². The van der Waals surface area contributed by atoms with E-state index in [0.29, 0.717) is 13.0 Å². The Bertz CT molecular complexity index is 592. The predicted molar refractivity (Wildman–Crippen MR) is 102 cm³/mol. The number of unbranched alkanes of at least 4 members (excludes halogenated alkanes) is 3. The van der Waals surface area contributed by atoms with E-state index in [4.69, 9.17) is 5.21 Å². The van der Waals surface area contributed by atoms with E-state index in [2.05, 4.69) is 14.8 Å². The van der Waals surface area contributed by atoms with Crippen LogP contribution in [0.5, 0.6) is 0 Å². The number of aliphatic imine (C=N–C) groups is 1. The highest BCUT2D eigenvalue weighted by atomic mass is 16.5. The van der Waals surface area contributed by atoms with Crippen molar-refractivity contribution < 1.29 is 15.1 Å². The summed E-state index contributed by atoms with van der Waals surface area (Å²) in [5.74, 6) is -0.333. The maximum absolute atomic E-state index is 11.0. The molecule has 1 aromatic carbocycles. The van der Waals surface area contributed by atoms with E-state index < -0.39 is 0 Å². The average molecular weight is 360 g/mol. The molecule has 0 aromatic heterocycles. The normalized spacial score (nSPS) is 15.9. The summed E-state index contributed by atoms with van der Waals surface area (Å²) < 4.78 is 0. The Morgan fingerprint density at radius 2 is 1.96 bits per heavy atom. The molecule has 1 heterocycles. The number of anilines is 1. The van der Waals surface area contributed by atoms with Gasteiger partial charge in [-0.3, -0.25) is 10.0 Å². The lowest BCUT2D eigenvalue weighted by Crippen LogP contribution is -2.47. The highest BCUT2D eigenvalue weighted by Crippen LogP contribution is 2.21. The predicted octanol–water partition coefficient (Wildman–Crippen LogP) is 2.12. The molecule has 0 spiro atoms. The Morgan fingerprint density at radius 3 is 2.69 bits per heavy atom. The molecule has 2 rings (SSSR count). The zero-order valence-corrected chi connectivity index (χ0v) is 15.0. The van der Waals surface area contributed by atoms with Gasteiger partial charge in [0.25, 0.3) is 0 Å².